The normalized spacial score (nSPS) is 9.75. The standard InChI is InChI=1S/C10H8N4O2/c11-9(15)16-10-13-5-3-8(14-10)7-2-1-4-12-6-7/h1-6H,(H2,11,15). The third-order valence-electron chi connectivity index (χ3n) is 1.78. The molecule has 0 fully saturated rings. The molecule has 2 aromatic heterocycles. The summed E-state index contributed by atoms with van der Waals surface area (Å²) in [6.07, 6.45) is 3.85. The van der Waals surface area contributed by atoms with E-state index in [0.29, 0.717) is 5.69 Å². The molecule has 0 saturated heterocycles. The van der Waals surface area contributed by atoms with Gasteiger partial charge in [-0.3, -0.25) is 4.98 Å². The molecule has 0 spiro atoms. The zero-order valence-corrected chi connectivity index (χ0v) is 8.20. The Hall–Kier alpha value is -2.50. The topological polar surface area (TPSA) is 91.0 Å². The van der Waals surface area contributed by atoms with Crippen molar-refractivity contribution in [3.8, 4) is 17.3 Å². The number of nitrogens with zero attached hydrogens (tertiary/aromatic N) is 3. The molecule has 6 heteroatoms. The second-order valence-corrected chi connectivity index (χ2v) is 2.89. The molecule has 2 heterocycles. The average Bonchev–Trinajstić information content (AvgIpc) is 2.30. The highest BCUT2D eigenvalue weighted by Gasteiger charge is 2.05. The Morgan fingerprint density at radius 3 is 2.88 bits per heavy atom. The van der Waals surface area contributed by atoms with Crippen LogP contribution in [-0.4, -0.2) is 21.0 Å². The van der Waals surface area contributed by atoms with Crippen molar-refractivity contribution in [1.82, 2.24) is 15.0 Å². The van der Waals surface area contributed by atoms with Crippen LogP contribution < -0.4 is 10.5 Å². The van der Waals surface area contributed by atoms with E-state index in [4.69, 9.17) is 5.73 Å². The van der Waals surface area contributed by atoms with Gasteiger partial charge in [0.25, 0.3) is 0 Å². The number of hydrogen-bond acceptors (Lipinski definition) is 5. The molecule has 0 radical (unpaired) electrons. The number of ether oxygens (including phenoxy) is 1. The Balaban J connectivity index is 2.33. The highest BCUT2D eigenvalue weighted by molar-refractivity contribution is 5.67. The van der Waals surface area contributed by atoms with Crippen molar-refractivity contribution in [2.75, 3.05) is 0 Å². The average molecular weight is 216 g/mol. The Labute approximate surface area is 91.1 Å². The van der Waals surface area contributed by atoms with E-state index < -0.39 is 6.09 Å². The van der Waals surface area contributed by atoms with Crippen molar-refractivity contribution < 1.29 is 9.53 Å². The number of amides is 1. The fourth-order valence-corrected chi connectivity index (χ4v) is 1.16. The van der Waals surface area contributed by atoms with Crippen LogP contribution in [0.25, 0.3) is 11.3 Å². The molecule has 2 N–H and O–H groups in total. The van der Waals surface area contributed by atoms with E-state index >= 15 is 0 Å². The van der Waals surface area contributed by atoms with Crippen LogP contribution in [0.5, 0.6) is 6.01 Å². The zero-order chi connectivity index (χ0) is 11.4. The predicted octanol–water partition coefficient (Wildman–Crippen LogP) is 0.996. The lowest BCUT2D eigenvalue weighted by molar-refractivity contribution is 0.207. The fraction of sp³-hybridized carbons (Fsp3) is 0. The van der Waals surface area contributed by atoms with Gasteiger partial charge < -0.3 is 10.5 Å². The molecule has 0 aliphatic rings. The number of hydrogen-bond donors (Lipinski definition) is 1. The zero-order valence-electron chi connectivity index (χ0n) is 8.20. The van der Waals surface area contributed by atoms with E-state index in [0.717, 1.165) is 5.56 Å². The Bertz CT molecular complexity index is 501. The van der Waals surface area contributed by atoms with E-state index in [9.17, 15) is 4.79 Å². The molecule has 0 aliphatic heterocycles. The van der Waals surface area contributed by atoms with Crippen molar-refractivity contribution in [2.24, 2.45) is 5.73 Å². The van der Waals surface area contributed by atoms with Gasteiger partial charge >= 0.3 is 12.1 Å². The number of aromatic nitrogens is 3. The summed E-state index contributed by atoms with van der Waals surface area (Å²) < 4.78 is 4.57. The molecule has 0 aromatic carbocycles. The van der Waals surface area contributed by atoms with Crippen LogP contribution in [0.15, 0.2) is 36.8 Å². The fourth-order valence-electron chi connectivity index (χ4n) is 1.16. The summed E-state index contributed by atoms with van der Waals surface area (Å²) in [5.74, 6) is 0. The first-order valence-electron chi connectivity index (χ1n) is 4.46. The lowest BCUT2D eigenvalue weighted by atomic mass is 10.2. The first-order chi connectivity index (χ1) is 7.75. The summed E-state index contributed by atoms with van der Waals surface area (Å²) in [6.45, 7) is 0. The SMILES string of the molecule is NC(=O)Oc1nccc(-c2cccnc2)n1. The summed E-state index contributed by atoms with van der Waals surface area (Å²) in [6, 6.07) is 5.23. The Morgan fingerprint density at radius 1 is 1.31 bits per heavy atom. The highest BCUT2D eigenvalue weighted by Crippen LogP contribution is 2.16. The van der Waals surface area contributed by atoms with Gasteiger partial charge in [0, 0.05) is 24.2 Å². The van der Waals surface area contributed by atoms with Crippen LogP contribution in [0.2, 0.25) is 0 Å². The summed E-state index contributed by atoms with van der Waals surface area (Å²) in [4.78, 5) is 22.2. The molecule has 0 aliphatic carbocycles. The molecule has 0 bridgehead atoms. The minimum absolute atomic E-state index is 0.0751. The molecule has 0 atom stereocenters. The van der Waals surface area contributed by atoms with Gasteiger partial charge in [-0.1, -0.05) is 0 Å². The maximum Gasteiger partial charge on any atom is 0.412 e. The van der Waals surface area contributed by atoms with Crippen molar-refractivity contribution in [3.05, 3.63) is 36.8 Å². The Morgan fingerprint density at radius 2 is 2.19 bits per heavy atom. The molecule has 80 valence electrons. The number of carbonyl (C=O) groups is 1. The van der Waals surface area contributed by atoms with Crippen LogP contribution in [-0.2, 0) is 0 Å². The van der Waals surface area contributed by atoms with Gasteiger partial charge in [-0.25, -0.2) is 9.78 Å². The first-order valence-corrected chi connectivity index (χ1v) is 4.46. The quantitative estimate of drug-likeness (QED) is 0.808. The van der Waals surface area contributed by atoms with Gasteiger partial charge in [0.05, 0.1) is 5.69 Å². The smallest absolute Gasteiger partial charge is 0.374 e. The van der Waals surface area contributed by atoms with Crippen LogP contribution in [0, 0.1) is 0 Å². The third-order valence-corrected chi connectivity index (χ3v) is 1.78. The second-order valence-electron chi connectivity index (χ2n) is 2.89. The molecule has 6 nitrogen and oxygen atoms in total. The molecular formula is C10H8N4O2. The molecule has 2 aromatic rings. The van der Waals surface area contributed by atoms with Crippen LogP contribution in [0.3, 0.4) is 0 Å². The molecule has 2 rings (SSSR count). The highest BCUT2D eigenvalue weighted by atomic mass is 16.6. The molecule has 0 unspecified atom stereocenters. The van der Waals surface area contributed by atoms with Crippen LogP contribution in [0.1, 0.15) is 0 Å². The van der Waals surface area contributed by atoms with Gasteiger partial charge in [0.1, 0.15) is 0 Å². The minimum Gasteiger partial charge on any atom is -0.374 e. The monoisotopic (exact) mass is 216 g/mol. The summed E-state index contributed by atoms with van der Waals surface area (Å²) in [5, 5.41) is 0. The molecule has 0 saturated carbocycles. The van der Waals surface area contributed by atoms with Gasteiger partial charge in [-0.05, 0) is 18.2 Å². The Kier molecular flexibility index (Phi) is 2.73. The maximum atomic E-state index is 10.5. The second kappa shape index (κ2) is 4.35. The largest absolute Gasteiger partial charge is 0.412 e. The summed E-state index contributed by atoms with van der Waals surface area (Å²) in [7, 11) is 0. The number of rotatable bonds is 2. The lowest BCUT2D eigenvalue weighted by Gasteiger charge is -2.01. The van der Waals surface area contributed by atoms with E-state index in [-0.39, 0.29) is 6.01 Å². The van der Waals surface area contributed by atoms with E-state index in [2.05, 4.69) is 19.7 Å². The van der Waals surface area contributed by atoms with E-state index in [1.165, 1.54) is 6.20 Å². The van der Waals surface area contributed by atoms with Gasteiger partial charge in [0.2, 0.25) is 0 Å². The lowest BCUT2D eigenvalue weighted by Crippen LogP contribution is -2.17. The maximum absolute atomic E-state index is 10.5. The summed E-state index contributed by atoms with van der Waals surface area (Å²) >= 11 is 0. The van der Waals surface area contributed by atoms with Crippen LogP contribution in [0.4, 0.5) is 4.79 Å². The van der Waals surface area contributed by atoms with Crippen molar-refractivity contribution in [2.45, 2.75) is 0 Å². The van der Waals surface area contributed by atoms with Crippen molar-refractivity contribution in [3.63, 3.8) is 0 Å². The third kappa shape index (κ3) is 2.30. The van der Waals surface area contributed by atoms with Gasteiger partial charge in [-0.2, -0.15) is 4.98 Å². The van der Waals surface area contributed by atoms with Crippen molar-refractivity contribution in [1.29, 1.82) is 0 Å². The van der Waals surface area contributed by atoms with Gasteiger partial charge in [0.15, 0.2) is 0 Å². The molecular weight excluding hydrogens is 208 g/mol. The van der Waals surface area contributed by atoms with Crippen LogP contribution >= 0.6 is 0 Å². The predicted molar refractivity (Wildman–Crippen MR) is 55.5 cm³/mol. The van der Waals surface area contributed by atoms with E-state index in [1.54, 1.807) is 24.5 Å². The number of primary amides is 1. The molecule has 16 heavy (non-hydrogen) atoms. The number of pyridine rings is 1. The van der Waals surface area contributed by atoms with Gasteiger partial charge in [-0.15, -0.1) is 0 Å². The van der Waals surface area contributed by atoms with Crippen molar-refractivity contribution >= 4 is 6.09 Å². The first kappa shape index (κ1) is 10.0. The van der Waals surface area contributed by atoms with E-state index in [1.807, 2.05) is 6.07 Å². The summed E-state index contributed by atoms with van der Waals surface area (Å²) in [5.41, 5.74) is 6.28. The minimum atomic E-state index is -0.941. The number of carbonyl (C=O) groups excluding carboxylic acids is 1. The molecule has 1 amide bonds. The number of nitrogens with two attached hydrogens (primary N) is 1.